The molecule has 114 valence electrons. The maximum absolute atomic E-state index is 12.9. The highest BCUT2D eigenvalue weighted by Gasteiger charge is 2.45. The van der Waals surface area contributed by atoms with Crippen molar-refractivity contribution in [1.29, 1.82) is 0 Å². The van der Waals surface area contributed by atoms with Crippen molar-refractivity contribution < 1.29 is 12.8 Å². The SMILES string of the molecule is O=S(=O)(c1ccccc1)N1N=C(c2ccco2)CC1C1CC1. The van der Waals surface area contributed by atoms with Gasteiger partial charge in [0.25, 0.3) is 10.0 Å². The lowest BCUT2D eigenvalue weighted by Gasteiger charge is -2.22. The third-order valence-electron chi connectivity index (χ3n) is 4.16. The molecule has 1 atom stereocenters. The van der Waals surface area contributed by atoms with Gasteiger partial charge in [0.15, 0.2) is 0 Å². The second-order valence-electron chi connectivity index (χ2n) is 5.72. The summed E-state index contributed by atoms with van der Waals surface area (Å²) in [7, 11) is -3.61. The Morgan fingerprint density at radius 1 is 1.09 bits per heavy atom. The van der Waals surface area contributed by atoms with Gasteiger partial charge in [0.1, 0.15) is 11.5 Å². The zero-order valence-electron chi connectivity index (χ0n) is 11.9. The Bertz CT molecular complexity index is 793. The molecule has 1 aliphatic carbocycles. The van der Waals surface area contributed by atoms with Crippen molar-refractivity contribution in [3.8, 4) is 0 Å². The minimum absolute atomic E-state index is 0.0923. The monoisotopic (exact) mass is 316 g/mol. The van der Waals surface area contributed by atoms with E-state index in [1.165, 1.54) is 4.41 Å². The fourth-order valence-electron chi connectivity index (χ4n) is 2.86. The van der Waals surface area contributed by atoms with Crippen LogP contribution in [0.25, 0.3) is 0 Å². The lowest BCUT2D eigenvalue weighted by Crippen LogP contribution is -2.34. The largest absolute Gasteiger partial charge is 0.463 e. The first-order valence-corrected chi connectivity index (χ1v) is 8.81. The predicted octanol–water partition coefficient (Wildman–Crippen LogP) is 2.86. The highest BCUT2D eigenvalue weighted by atomic mass is 32.2. The molecular formula is C16H16N2O3S. The lowest BCUT2D eigenvalue weighted by atomic mass is 10.1. The summed E-state index contributed by atoms with van der Waals surface area (Å²) >= 11 is 0. The molecule has 1 fully saturated rings. The van der Waals surface area contributed by atoms with Gasteiger partial charge in [0.2, 0.25) is 0 Å². The van der Waals surface area contributed by atoms with Gasteiger partial charge in [-0.05, 0) is 43.0 Å². The van der Waals surface area contributed by atoms with Crippen LogP contribution in [0.3, 0.4) is 0 Å². The van der Waals surface area contributed by atoms with E-state index in [0.717, 1.165) is 12.8 Å². The third-order valence-corrected chi connectivity index (χ3v) is 5.88. The standard InChI is InChI=1S/C16H16N2O3S/c19-22(20,13-5-2-1-3-6-13)18-15(12-8-9-12)11-14(17-18)16-7-4-10-21-16/h1-7,10,12,15H,8-9,11H2. The smallest absolute Gasteiger partial charge is 0.279 e. The van der Waals surface area contributed by atoms with Crippen LogP contribution in [0.1, 0.15) is 25.0 Å². The molecule has 2 aromatic rings. The van der Waals surface area contributed by atoms with Crippen molar-refractivity contribution in [2.45, 2.75) is 30.2 Å². The number of sulfonamides is 1. The Labute approximate surface area is 129 Å². The molecule has 1 aromatic carbocycles. The minimum Gasteiger partial charge on any atom is -0.463 e. The zero-order chi connectivity index (χ0) is 15.2. The van der Waals surface area contributed by atoms with Gasteiger partial charge in [-0.1, -0.05) is 18.2 Å². The third kappa shape index (κ3) is 2.23. The highest BCUT2D eigenvalue weighted by molar-refractivity contribution is 7.89. The van der Waals surface area contributed by atoms with E-state index in [2.05, 4.69) is 5.10 Å². The number of benzene rings is 1. The quantitative estimate of drug-likeness (QED) is 0.871. The van der Waals surface area contributed by atoms with Gasteiger partial charge in [0, 0.05) is 6.42 Å². The number of furan rings is 1. The van der Waals surface area contributed by atoms with Crippen LogP contribution in [0.15, 0.2) is 63.1 Å². The molecule has 6 heteroatoms. The van der Waals surface area contributed by atoms with E-state index >= 15 is 0 Å². The number of hydrazone groups is 1. The number of rotatable bonds is 4. The fraction of sp³-hybridized carbons (Fsp3) is 0.312. The van der Waals surface area contributed by atoms with E-state index in [1.807, 2.05) is 6.07 Å². The molecule has 1 aromatic heterocycles. The average molecular weight is 316 g/mol. The van der Waals surface area contributed by atoms with Crippen molar-refractivity contribution in [3.05, 3.63) is 54.5 Å². The van der Waals surface area contributed by atoms with Crippen LogP contribution >= 0.6 is 0 Å². The first-order valence-electron chi connectivity index (χ1n) is 7.37. The summed E-state index contributed by atoms with van der Waals surface area (Å²) in [5.74, 6) is 1.05. The van der Waals surface area contributed by atoms with E-state index in [9.17, 15) is 8.42 Å². The summed E-state index contributed by atoms with van der Waals surface area (Å²) in [4.78, 5) is 0.282. The summed E-state index contributed by atoms with van der Waals surface area (Å²) < 4.78 is 32.4. The summed E-state index contributed by atoms with van der Waals surface area (Å²) in [5.41, 5.74) is 0.710. The Morgan fingerprint density at radius 3 is 2.50 bits per heavy atom. The molecule has 1 unspecified atom stereocenters. The molecule has 0 amide bonds. The van der Waals surface area contributed by atoms with Crippen LogP contribution < -0.4 is 0 Å². The van der Waals surface area contributed by atoms with Crippen LogP contribution in [0.5, 0.6) is 0 Å². The summed E-state index contributed by atoms with van der Waals surface area (Å²) in [5, 5.41) is 4.39. The maximum atomic E-state index is 12.9. The first kappa shape index (κ1) is 13.6. The van der Waals surface area contributed by atoms with E-state index in [0.29, 0.717) is 23.8 Å². The van der Waals surface area contributed by atoms with Gasteiger partial charge >= 0.3 is 0 Å². The highest BCUT2D eigenvalue weighted by Crippen LogP contribution is 2.42. The second kappa shape index (κ2) is 4.98. The Morgan fingerprint density at radius 2 is 1.86 bits per heavy atom. The van der Waals surface area contributed by atoms with Crippen molar-refractivity contribution >= 4 is 15.7 Å². The topological polar surface area (TPSA) is 62.9 Å². The molecule has 1 aliphatic heterocycles. The molecule has 1 saturated carbocycles. The number of hydrogen-bond donors (Lipinski definition) is 0. The van der Waals surface area contributed by atoms with Crippen LogP contribution in [-0.2, 0) is 10.0 Å². The fourth-order valence-corrected chi connectivity index (χ4v) is 4.39. The second-order valence-corrected chi connectivity index (χ2v) is 7.52. The molecule has 0 radical (unpaired) electrons. The molecule has 0 N–H and O–H groups in total. The van der Waals surface area contributed by atoms with Gasteiger partial charge in [0.05, 0.1) is 17.2 Å². The lowest BCUT2D eigenvalue weighted by molar-refractivity contribution is 0.333. The van der Waals surface area contributed by atoms with E-state index < -0.39 is 10.0 Å². The summed E-state index contributed by atoms with van der Waals surface area (Å²) in [6.07, 6.45) is 4.32. The molecule has 0 spiro atoms. The van der Waals surface area contributed by atoms with Crippen molar-refractivity contribution in [2.24, 2.45) is 11.0 Å². The molecule has 2 aliphatic rings. The van der Waals surface area contributed by atoms with Gasteiger partial charge in [-0.3, -0.25) is 0 Å². The van der Waals surface area contributed by atoms with Crippen LogP contribution in [0.2, 0.25) is 0 Å². The van der Waals surface area contributed by atoms with Crippen molar-refractivity contribution in [1.82, 2.24) is 4.41 Å². The maximum Gasteiger partial charge on any atom is 0.279 e. The molecule has 0 saturated heterocycles. The van der Waals surface area contributed by atoms with Crippen LogP contribution in [0.4, 0.5) is 0 Å². The summed E-state index contributed by atoms with van der Waals surface area (Å²) in [6, 6.07) is 12.0. The van der Waals surface area contributed by atoms with E-state index in [1.54, 1.807) is 42.7 Å². The zero-order valence-corrected chi connectivity index (χ0v) is 12.7. The van der Waals surface area contributed by atoms with Crippen LogP contribution in [-0.4, -0.2) is 24.6 Å². The minimum atomic E-state index is -3.61. The van der Waals surface area contributed by atoms with E-state index in [4.69, 9.17) is 4.42 Å². The summed E-state index contributed by atoms with van der Waals surface area (Å²) in [6.45, 7) is 0. The van der Waals surface area contributed by atoms with Gasteiger partial charge in [-0.25, -0.2) is 0 Å². The molecule has 4 rings (SSSR count). The predicted molar refractivity (Wildman–Crippen MR) is 81.8 cm³/mol. The molecule has 2 heterocycles. The van der Waals surface area contributed by atoms with E-state index in [-0.39, 0.29) is 10.9 Å². The molecule has 5 nitrogen and oxygen atoms in total. The van der Waals surface area contributed by atoms with Gasteiger partial charge in [-0.2, -0.15) is 17.9 Å². The Kier molecular flexibility index (Phi) is 3.07. The van der Waals surface area contributed by atoms with Crippen molar-refractivity contribution in [3.63, 3.8) is 0 Å². The average Bonchev–Trinajstić information content (AvgIpc) is 3.05. The first-order chi connectivity index (χ1) is 10.7. The Balaban J connectivity index is 1.74. The van der Waals surface area contributed by atoms with Crippen molar-refractivity contribution in [2.75, 3.05) is 0 Å². The molecule has 0 bridgehead atoms. The van der Waals surface area contributed by atoms with Gasteiger partial charge in [-0.15, -0.1) is 0 Å². The molecule has 22 heavy (non-hydrogen) atoms. The number of hydrogen-bond acceptors (Lipinski definition) is 4. The normalized spacial score (nSPS) is 21.9. The molecular weight excluding hydrogens is 300 g/mol. The number of nitrogens with zero attached hydrogens (tertiary/aromatic N) is 2. The van der Waals surface area contributed by atoms with Gasteiger partial charge < -0.3 is 4.42 Å². The Hall–Kier alpha value is -2.08. The van der Waals surface area contributed by atoms with Crippen LogP contribution in [0, 0.1) is 5.92 Å².